The second-order valence-corrected chi connectivity index (χ2v) is 7.42. The summed E-state index contributed by atoms with van der Waals surface area (Å²) >= 11 is 1.07. The topological polar surface area (TPSA) is 134 Å². The number of non-ortho nitro benzene ring substituents is 2. The molecule has 0 N–H and O–H groups in total. The molecule has 4 aromatic rings. The fraction of sp³-hybridized carbons (Fsp3) is 0. The standard InChI is InChI=1S/C21H13N5O5S/c27-19(14-5-2-1-3-6-14)22-21-24(16-9-11-17(12-10-16)25(28)29)23-20(32-21)15-7-4-8-18(13-15)26(30)31/h1-13H. The predicted molar refractivity (Wildman–Crippen MR) is 117 cm³/mol. The number of benzene rings is 3. The summed E-state index contributed by atoms with van der Waals surface area (Å²) in [5, 5.41) is 27.0. The Morgan fingerprint density at radius 1 is 0.875 bits per heavy atom. The highest BCUT2D eigenvalue weighted by molar-refractivity contribution is 7.12. The Morgan fingerprint density at radius 2 is 1.56 bits per heavy atom. The maximum Gasteiger partial charge on any atom is 0.279 e. The van der Waals surface area contributed by atoms with Crippen LogP contribution in [0, 0.1) is 20.2 Å². The number of nitro groups is 2. The van der Waals surface area contributed by atoms with E-state index in [1.54, 1.807) is 36.4 Å². The molecule has 0 unspecified atom stereocenters. The number of hydrogen-bond donors (Lipinski definition) is 0. The van der Waals surface area contributed by atoms with Crippen molar-refractivity contribution in [3.05, 3.63) is 109 Å². The molecule has 3 aromatic carbocycles. The van der Waals surface area contributed by atoms with Crippen molar-refractivity contribution >= 4 is 28.6 Å². The molecule has 0 radical (unpaired) electrons. The van der Waals surface area contributed by atoms with E-state index >= 15 is 0 Å². The van der Waals surface area contributed by atoms with Gasteiger partial charge in [-0.05, 0) is 24.3 Å². The first-order valence-corrected chi connectivity index (χ1v) is 9.98. The van der Waals surface area contributed by atoms with Gasteiger partial charge in [0.1, 0.15) is 5.01 Å². The fourth-order valence-corrected chi connectivity index (χ4v) is 3.74. The highest BCUT2D eigenvalue weighted by atomic mass is 32.1. The van der Waals surface area contributed by atoms with E-state index in [9.17, 15) is 25.0 Å². The van der Waals surface area contributed by atoms with Crippen molar-refractivity contribution in [3.63, 3.8) is 0 Å². The van der Waals surface area contributed by atoms with E-state index in [-0.39, 0.29) is 16.2 Å². The van der Waals surface area contributed by atoms with Crippen LogP contribution < -0.4 is 4.80 Å². The third-order valence-electron chi connectivity index (χ3n) is 4.39. The van der Waals surface area contributed by atoms with Gasteiger partial charge in [0, 0.05) is 35.4 Å². The van der Waals surface area contributed by atoms with Crippen LogP contribution in [-0.4, -0.2) is 25.5 Å². The van der Waals surface area contributed by atoms with Crippen LogP contribution in [0.1, 0.15) is 10.4 Å². The van der Waals surface area contributed by atoms with Crippen molar-refractivity contribution in [2.45, 2.75) is 0 Å². The highest BCUT2D eigenvalue weighted by Gasteiger charge is 2.15. The number of rotatable bonds is 5. The molecule has 0 aliphatic carbocycles. The molecule has 0 saturated heterocycles. The monoisotopic (exact) mass is 447 g/mol. The number of nitrogens with zero attached hydrogens (tertiary/aromatic N) is 5. The SMILES string of the molecule is O=C(N=c1sc(-c2cccc([N+](=O)[O-])c2)nn1-c1ccc([N+](=O)[O-])cc1)c1ccccc1. The Bertz CT molecular complexity index is 1390. The van der Waals surface area contributed by atoms with Gasteiger partial charge >= 0.3 is 0 Å². The quantitative estimate of drug-likeness (QED) is 0.333. The first kappa shape index (κ1) is 20.8. The number of carbonyl (C=O) groups is 1. The van der Waals surface area contributed by atoms with Gasteiger partial charge in [-0.2, -0.15) is 10.1 Å². The van der Waals surface area contributed by atoms with Gasteiger partial charge in [0.15, 0.2) is 0 Å². The zero-order valence-electron chi connectivity index (χ0n) is 16.2. The van der Waals surface area contributed by atoms with Gasteiger partial charge in [0.25, 0.3) is 17.3 Å². The molecular formula is C21H13N5O5S. The molecule has 0 aliphatic heterocycles. The molecule has 11 heteroatoms. The number of hydrogen-bond acceptors (Lipinski definition) is 7. The van der Waals surface area contributed by atoms with Crippen LogP contribution in [0.3, 0.4) is 0 Å². The minimum Gasteiger partial charge on any atom is -0.267 e. The van der Waals surface area contributed by atoms with E-state index < -0.39 is 15.8 Å². The van der Waals surface area contributed by atoms with Crippen LogP contribution in [0.4, 0.5) is 11.4 Å². The number of carbonyl (C=O) groups excluding carboxylic acids is 1. The molecule has 158 valence electrons. The van der Waals surface area contributed by atoms with Gasteiger partial charge in [-0.3, -0.25) is 25.0 Å². The molecule has 0 fully saturated rings. The van der Waals surface area contributed by atoms with Crippen molar-refractivity contribution in [2.24, 2.45) is 4.99 Å². The third-order valence-corrected chi connectivity index (χ3v) is 5.34. The van der Waals surface area contributed by atoms with Crippen molar-refractivity contribution in [2.75, 3.05) is 0 Å². The summed E-state index contributed by atoms with van der Waals surface area (Å²) < 4.78 is 1.38. The molecule has 0 saturated carbocycles. The molecule has 0 spiro atoms. The minimum atomic E-state index is -0.520. The average Bonchev–Trinajstić information content (AvgIpc) is 3.23. The van der Waals surface area contributed by atoms with E-state index in [1.807, 2.05) is 0 Å². The molecule has 0 aliphatic rings. The normalized spacial score (nSPS) is 11.3. The highest BCUT2D eigenvalue weighted by Crippen LogP contribution is 2.25. The van der Waals surface area contributed by atoms with E-state index in [4.69, 9.17) is 0 Å². The third kappa shape index (κ3) is 4.32. The minimum absolute atomic E-state index is 0.0951. The van der Waals surface area contributed by atoms with Gasteiger partial charge in [-0.15, -0.1) is 0 Å². The van der Waals surface area contributed by atoms with Crippen LogP contribution in [0.5, 0.6) is 0 Å². The van der Waals surface area contributed by atoms with Gasteiger partial charge in [-0.25, -0.2) is 4.68 Å². The summed E-state index contributed by atoms with van der Waals surface area (Å²) in [6, 6.07) is 20.0. The first-order valence-electron chi connectivity index (χ1n) is 9.16. The number of nitro benzene ring substituents is 2. The van der Waals surface area contributed by atoms with Gasteiger partial charge in [0.05, 0.1) is 15.5 Å². The largest absolute Gasteiger partial charge is 0.279 e. The summed E-state index contributed by atoms with van der Waals surface area (Å²) in [5.74, 6) is -0.490. The van der Waals surface area contributed by atoms with Crippen molar-refractivity contribution in [1.82, 2.24) is 9.78 Å². The Labute approximate surface area is 184 Å². The zero-order chi connectivity index (χ0) is 22.7. The lowest BCUT2D eigenvalue weighted by molar-refractivity contribution is -0.385. The molecule has 10 nitrogen and oxygen atoms in total. The Morgan fingerprint density at radius 3 is 2.22 bits per heavy atom. The molecule has 32 heavy (non-hydrogen) atoms. The Kier molecular flexibility index (Phi) is 5.64. The van der Waals surface area contributed by atoms with Crippen LogP contribution in [0.25, 0.3) is 16.3 Å². The van der Waals surface area contributed by atoms with E-state index in [0.29, 0.717) is 21.8 Å². The van der Waals surface area contributed by atoms with Gasteiger partial charge in [0.2, 0.25) is 4.80 Å². The second kappa shape index (κ2) is 8.70. The summed E-state index contributed by atoms with van der Waals surface area (Å²) in [6.07, 6.45) is 0. The number of amides is 1. The van der Waals surface area contributed by atoms with Crippen molar-refractivity contribution < 1.29 is 14.6 Å². The van der Waals surface area contributed by atoms with Gasteiger partial charge in [-0.1, -0.05) is 41.7 Å². The summed E-state index contributed by atoms with van der Waals surface area (Å²) in [7, 11) is 0. The molecule has 1 heterocycles. The fourth-order valence-electron chi connectivity index (χ4n) is 2.84. The average molecular weight is 447 g/mol. The molecule has 1 amide bonds. The lowest BCUT2D eigenvalue weighted by Crippen LogP contribution is -2.16. The second-order valence-electron chi connectivity index (χ2n) is 6.47. The lowest BCUT2D eigenvalue weighted by atomic mass is 10.2. The molecule has 0 atom stereocenters. The summed E-state index contributed by atoms with van der Waals surface area (Å²) in [5.41, 5.74) is 1.12. The predicted octanol–water partition coefficient (Wildman–Crippen LogP) is 4.16. The smallest absolute Gasteiger partial charge is 0.267 e. The van der Waals surface area contributed by atoms with E-state index in [2.05, 4.69) is 10.1 Å². The van der Waals surface area contributed by atoms with Crippen LogP contribution in [0.15, 0.2) is 83.9 Å². The zero-order valence-corrected chi connectivity index (χ0v) is 17.0. The van der Waals surface area contributed by atoms with Gasteiger partial charge < -0.3 is 0 Å². The molecular weight excluding hydrogens is 434 g/mol. The van der Waals surface area contributed by atoms with E-state index in [1.165, 1.54) is 47.1 Å². The maximum atomic E-state index is 12.7. The van der Waals surface area contributed by atoms with Crippen molar-refractivity contribution in [1.29, 1.82) is 0 Å². The summed E-state index contributed by atoms with van der Waals surface area (Å²) in [6.45, 7) is 0. The van der Waals surface area contributed by atoms with Crippen LogP contribution in [-0.2, 0) is 0 Å². The Hall–Kier alpha value is -4.51. The maximum absolute atomic E-state index is 12.7. The van der Waals surface area contributed by atoms with Crippen LogP contribution >= 0.6 is 11.3 Å². The molecule has 4 rings (SSSR count). The van der Waals surface area contributed by atoms with Crippen LogP contribution in [0.2, 0.25) is 0 Å². The molecule has 0 bridgehead atoms. The number of aromatic nitrogens is 2. The summed E-state index contributed by atoms with van der Waals surface area (Å²) in [4.78, 5) is 38.1. The first-order chi connectivity index (χ1) is 15.4. The molecule has 1 aromatic heterocycles. The lowest BCUT2D eigenvalue weighted by Gasteiger charge is -2.01. The Balaban J connectivity index is 1.86. The van der Waals surface area contributed by atoms with Crippen molar-refractivity contribution in [3.8, 4) is 16.3 Å². The van der Waals surface area contributed by atoms with E-state index in [0.717, 1.165) is 11.3 Å².